The maximum Gasteiger partial charge on any atom is 0.326 e. The Morgan fingerprint density at radius 3 is 2.67 bits per heavy atom. The number of rotatable bonds is 8. The van der Waals surface area contributed by atoms with E-state index in [9.17, 15) is 9.59 Å². The molecule has 0 aliphatic rings. The summed E-state index contributed by atoms with van der Waals surface area (Å²) in [5, 5.41) is 11.7. The maximum absolute atomic E-state index is 11.8. The molecule has 1 rings (SSSR count). The first-order valence-corrected chi connectivity index (χ1v) is 7.15. The van der Waals surface area contributed by atoms with Crippen LogP contribution < -0.4 is 10.1 Å². The van der Waals surface area contributed by atoms with Crippen molar-refractivity contribution < 1.29 is 19.4 Å². The number of ether oxygens (including phenoxy) is 1. The van der Waals surface area contributed by atoms with E-state index in [1.54, 1.807) is 0 Å². The van der Waals surface area contributed by atoms with Gasteiger partial charge in [0, 0.05) is 0 Å². The van der Waals surface area contributed by atoms with Gasteiger partial charge in [0.05, 0.1) is 13.0 Å². The van der Waals surface area contributed by atoms with Gasteiger partial charge in [0.15, 0.2) is 0 Å². The molecular weight excluding hydrogens is 270 g/mol. The Bertz CT molecular complexity index is 487. The highest BCUT2D eigenvalue weighted by Gasteiger charge is 2.24. The number of amides is 1. The Morgan fingerprint density at radius 1 is 1.38 bits per heavy atom. The minimum Gasteiger partial charge on any atom is -0.493 e. The topological polar surface area (TPSA) is 75.6 Å². The van der Waals surface area contributed by atoms with Crippen LogP contribution in [0.3, 0.4) is 0 Å². The van der Waals surface area contributed by atoms with E-state index in [0.29, 0.717) is 12.2 Å². The first-order chi connectivity index (χ1) is 9.93. The zero-order chi connectivity index (χ0) is 15.8. The highest BCUT2D eigenvalue weighted by atomic mass is 16.5. The Labute approximate surface area is 125 Å². The van der Waals surface area contributed by atoms with Crippen LogP contribution in [0.25, 0.3) is 0 Å². The van der Waals surface area contributed by atoms with Gasteiger partial charge in [0.1, 0.15) is 11.8 Å². The van der Waals surface area contributed by atoms with Gasteiger partial charge in [-0.1, -0.05) is 32.4 Å². The molecule has 1 amide bonds. The number of carboxylic acid groups (broad SMARTS) is 1. The number of benzene rings is 1. The van der Waals surface area contributed by atoms with Crippen LogP contribution in [0.1, 0.15) is 32.3 Å². The molecule has 0 aromatic heterocycles. The van der Waals surface area contributed by atoms with Gasteiger partial charge in [-0.15, -0.1) is 0 Å². The summed E-state index contributed by atoms with van der Waals surface area (Å²) in [4.78, 5) is 22.9. The first kappa shape index (κ1) is 17.0. The fourth-order valence-electron chi connectivity index (χ4n) is 1.90. The van der Waals surface area contributed by atoms with Crippen molar-refractivity contribution in [2.24, 2.45) is 5.92 Å². The van der Waals surface area contributed by atoms with Gasteiger partial charge in [-0.05, 0) is 30.5 Å². The molecule has 0 fully saturated rings. The molecule has 0 heterocycles. The highest BCUT2D eigenvalue weighted by Crippen LogP contribution is 2.12. The van der Waals surface area contributed by atoms with Gasteiger partial charge in [-0.25, -0.2) is 4.79 Å². The Morgan fingerprint density at radius 2 is 2.10 bits per heavy atom. The zero-order valence-corrected chi connectivity index (χ0v) is 12.8. The average Bonchev–Trinajstić information content (AvgIpc) is 2.43. The minimum atomic E-state index is -1.00. The van der Waals surface area contributed by atoms with Crippen molar-refractivity contribution in [2.45, 2.75) is 39.7 Å². The second-order valence-corrected chi connectivity index (χ2v) is 5.18. The number of carbonyl (C=O) groups excluding carboxylic acids is 1. The molecule has 2 N–H and O–H groups in total. The smallest absolute Gasteiger partial charge is 0.326 e. The Kier molecular flexibility index (Phi) is 6.72. The standard InChI is InChI=1S/C16H23NO4/c1-4-12(3)15(16(19)20)17-14(18)8-9-21-13-7-5-6-11(2)10-13/h5-7,10,12,15H,4,8-9H2,1-3H3,(H,17,18)(H,19,20)/t12-,15-/m0/s1. The summed E-state index contributed by atoms with van der Waals surface area (Å²) in [5.74, 6) is -0.712. The molecule has 0 unspecified atom stereocenters. The lowest BCUT2D eigenvalue weighted by Crippen LogP contribution is -2.45. The molecule has 5 nitrogen and oxygen atoms in total. The van der Waals surface area contributed by atoms with Crippen molar-refractivity contribution in [3.63, 3.8) is 0 Å². The fraction of sp³-hybridized carbons (Fsp3) is 0.500. The van der Waals surface area contributed by atoms with E-state index in [-0.39, 0.29) is 24.9 Å². The molecule has 1 aromatic rings. The van der Waals surface area contributed by atoms with Crippen LogP contribution in [0.4, 0.5) is 0 Å². The van der Waals surface area contributed by atoms with E-state index >= 15 is 0 Å². The van der Waals surface area contributed by atoms with Crippen molar-refractivity contribution in [1.82, 2.24) is 5.32 Å². The lowest BCUT2D eigenvalue weighted by Gasteiger charge is -2.20. The SMILES string of the molecule is CC[C@H](C)[C@H](NC(=O)CCOc1cccc(C)c1)C(=O)O. The van der Waals surface area contributed by atoms with Gasteiger partial charge in [-0.3, -0.25) is 4.79 Å². The predicted octanol–water partition coefficient (Wildman–Crippen LogP) is 2.38. The normalized spacial score (nSPS) is 13.3. The fourth-order valence-corrected chi connectivity index (χ4v) is 1.90. The van der Waals surface area contributed by atoms with Gasteiger partial charge in [0.2, 0.25) is 5.91 Å². The molecule has 116 valence electrons. The lowest BCUT2D eigenvalue weighted by molar-refractivity contribution is -0.143. The van der Waals surface area contributed by atoms with Crippen LogP contribution in [0.5, 0.6) is 5.75 Å². The molecular formula is C16H23NO4. The van der Waals surface area contributed by atoms with E-state index in [1.807, 2.05) is 45.0 Å². The summed E-state index contributed by atoms with van der Waals surface area (Å²) in [6.45, 7) is 5.89. The minimum absolute atomic E-state index is 0.107. The van der Waals surface area contributed by atoms with E-state index < -0.39 is 12.0 Å². The summed E-state index contributed by atoms with van der Waals surface area (Å²) >= 11 is 0. The molecule has 0 saturated carbocycles. The summed E-state index contributed by atoms with van der Waals surface area (Å²) in [6.07, 6.45) is 0.825. The molecule has 0 bridgehead atoms. The lowest BCUT2D eigenvalue weighted by atomic mass is 9.99. The summed E-state index contributed by atoms with van der Waals surface area (Å²) in [7, 11) is 0. The number of carboxylic acids is 1. The molecule has 0 aliphatic carbocycles. The number of aryl methyl sites for hydroxylation is 1. The second-order valence-electron chi connectivity index (χ2n) is 5.18. The first-order valence-electron chi connectivity index (χ1n) is 7.15. The number of carbonyl (C=O) groups is 2. The molecule has 0 spiro atoms. The van der Waals surface area contributed by atoms with Crippen molar-refractivity contribution in [3.05, 3.63) is 29.8 Å². The van der Waals surface area contributed by atoms with Gasteiger partial charge in [-0.2, -0.15) is 0 Å². The third-order valence-electron chi connectivity index (χ3n) is 3.38. The maximum atomic E-state index is 11.8. The van der Waals surface area contributed by atoms with Crippen molar-refractivity contribution in [2.75, 3.05) is 6.61 Å². The molecule has 21 heavy (non-hydrogen) atoms. The van der Waals surface area contributed by atoms with E-state index in [1.165, 1.54) is 0 Å². The third kappa shape index (κ3) is 5.85. The molecule has 5 heteroatoms. The number of aliphatic carboxylic acids is 1. The van der Waals surface area contributed by atoms with Gasteiger partial charge >= 0.3 is 5.97 Å². The van der Waals surface area contributed by atoms with Crippen LogP contribution in [-0.4, -0.2) is 29.6 Å². The molecule has 0 saturated heterocycles. The molecule has 2 atom stereocenters. The van der Waals surface area contributed by atoms with Gasteiger partial charge in [0.25, 0.3) is 0 Å². The Balaban J connectivity index is 2.41. The van der Waals surface area contributed by atoms with Crippen molar-refractivity contribution in [3.8, 4) is 5.75 Å². The largest absolute Gasteiger partial charge is 0.493 e. The molecule has 0 radical (unpaired) electrons. The zero-order valence-electron chi connectivity index (χ0n) is 12.8. The number of nitrogens with one attached hydrogen (secondary N) is 1. The average molecular weight is 293 g/mol. The van der Waals surface area contributed by atoms with Crippen LogP contribution in [-0.2, 0) is 9.59 Å². The van der Waals surface area contributed by atoms with Crippen molar-refractivity contribution in [1.29, 1.82) is 0 Å². The van der Waals surface area contributed by atoms with Crippen LogP contribution >= 0.6 is 0 Å². The predicted molar refractivity (Wildman–Crippen MR) is 80.3 cm³/mol. The van der Waals surface area contributed by atoms with Gasteiger partial charge < -0.3 is 15.2 Å². The monoisotopic (exact) mass is 293 g/mol. The highest BCUT2D eigenvalue weighted by molar-refractivity contribution is 5.83. The summed E-state index contributed by atoms with van der Waals surface area (Å²) < 4.78 is 5.48. The van der Waals surface area contributed by atoms with Crippen LogP contribution in [0.2, 0.25) is 0 Å². The van der Waals surface area contributed by atoms with Crippen LogP contribution in [0.15, 0.2) is 24.3 Å². The summed E-state index contributed by atoms with van der Waals surface area (Å²) in [6, 6.07) is 6.71. The van der Waals surface area contributed by atoms with E-state index in [2.05, 4.69) is 5.32 Å². The quantitative estimate of drug-likeness (QED) is 0.771. The molecule has 1 aromatic carbocycles. The number of hydrogen-bond donors (Lipinski definition) is 2. The van der Waals surface area contributed by atoms with E-state index in [4.69, 9.17) is 9.84 Å². The van der Waals surface area contributed by atoms with E-state index in [0.717, 1.165) is 5.56 Å². The second kappa shape index (κ2) is 8.29. The molecule has 0 aliphatic heterocycles. The Hall–Kier alpha value is -2.04. The number of hydrogen-bond acceptors (Lipinski definition) is 3. The third-order valence-corrected chi connectivity index (χ3v) is 3.38. The summed E-state index contributed by atoms with van der Waals surface area (Å²) in [5.41, 5.74) is 1.08. The van der Waals surface area contributed by atoms with Crippen molar-refractivity contribution >= 4 is 11.9 Å². The van der Waals surface area contributed by atoms with Crippen LogP contribution in [0, 0.1) is 12.8 Å².